The van der Waals surface area contributed by atoms with Crippen LogP contribution in [0.1, 0.15) is 39.5 Å². The number of hydrogen-bond acceptors (Lipinski definition) is 2. The fraction of sp³-hybridized carbons (Fsp3) is 0.182. The Hall–Kier alpha value is -2.86. The highest BCUT2D eigenvalue weighted by Gasteiger charge is 2.32. The Morgan fingerprint density at radius 3 is 2.21 bits per heavy atom. The normalized spacial score (nSPS) is 16.6. The van der Waals surface area contributed by atoms with Gasteiger partial charge in [-0.05, 0) is 47.7 Å². The van der Waals surface area contributed by atoms with Crippen molar-refractivity contribution in [1.29, 1.82) is 0 Å². The molecule has 0 spiro atoms. The summed E-state index contributed by atoms with van der Waals surface area (Å²) in [5.41, 5.74) is 1.22. The third-order valence-electron chi connectivity index (χ3n) is 5.19. The summed E-state index contributed by atoms with van der Waals surface area (Å²) in [4.78, 5) is 28.7. The van der Waals surface area contributed by atoms with Crippen molar-refractivity contribution in [1.82, 2.24) is 4.98 Å². The van der Waals surface area contributed by atoms with E-state index in [1.807, 2.05) is 0 Å². The van der Waals surface area contributed by atoms with E-state index in [1.54, 1.807) is 30.5 Å². The summed E-state index contributed by atoms with van der Waals surface area (Å²) < 4.78 is 38.3. The molecule has 1 aliphatic carbocycles. The summed E-state index contributed by atoms with van der Waals surface area (Å²) in [6.07, 6.45) is -2.39. The van der Waals surface area contributed by atoms with Crippen molar-refractivity contribution in [2.24, 2.45) is 0 Å². The zero-order chi connectivity index (χ0) is 20.8. The average Bonchev–Trinajstić information content (AvgIpc) is 2.68. The van der Waals surface area contributed by atoms with Gasteiger partial charge in [-0.1, -0.05) is 35.9 Å². The van der Waals surface area contributed by atoms with Gasteiger partial charge in [-0.25, -0.2) is 0 Å². The zero-order valence-corrected chi connectivity index (χ0v) is 15.8. The first-order valence-electron chi connectivity index (χ1n) is 8.95. The van der Waals surface area contributed by atoms with Crippen molar-refractivity contribution in [2.75, 3.05) is 0 Å². The lowest BCUT2D eigenvalue weighted by molar-refractivity contribution is -0.137. The van der Waals surface area contributed by atoms with Gasteiger partial charge in [-0.15, -0.1) is 0 Å². The molecule has 29 heavy (non-hydrogen) atoms. The minimum absolute atomic E-state index is 0.0749. The predicted octanol–water partition coefficient (Wildman–Crippen LogP) is 5.63. The Morgan fingerprint density at radius 2 is 1.59 bits per heavy atom. The maximum Gasteiger partial charge on any atom is 0.416 e. The van der Waals surface area contributed by atoms with Gasteiger partial charge in [0.2, 0.25) is 0 Å². The summed E-state index contributed by atoms with van der Waals surface area (Å²) in [7, 11) is 0. The van der Waals surface area contributed by atoms with Gasteiger partial charge in [0.25, 0.3) is 0 Å². The number of aromatic nitrogens is 1. The number of H-pyrrole nitrogens is 1. The lowest BCUT2D eigenvalue weighted by Gasteiger charge is -2.24. The van der Waals surface area contributed by atoms with Crippen molar-refractivity contribution in [3.63, 3.8) is 0 Å². The largest absolute Gasteiger partial charge is 0.416 e. The second-order valence-electron chi connectivity index (χ2n) is 7.04. The summed E-state index contributed by atoms with van der Waals surface area (Å²) >= 11 is 5.88. The Morgan fingerprint density at radius 1 is 0.931 bits per heavy atom. The zero-order valence-electron chi connectivity index (χ0n) is 15.0. The standard InChI is InChI=1S/C22H15ClF3NO2/c23-16-7-3-13(4-8-16)17-11-27-18-9-14(10-19(28)20(18)21(17)29)12-1-5-15(6-2-12)22(24,25)26/h1-8,11,14H,9-10H2,(H,27,29). The molecule has 0 saturated carbocycles. The fourth-order valence-corrected chi connectivity index (χ4v) is 3.82. The molecule has 0 amide bonds. The quantitative estimate of drug-likeness (QED) is 0.587. The molecular formula is C22H15ClF3NO2. The number of hydrogen-bond donors (Lipinski definition) is 1. The van der Waals surface area contributed by atoms with Gasteiger partial charge in [0.1, 0.15) is 0 Å². The molecule has 7 heteroatoms. The molecule has 148 valence electrons. The van der Waals surface area contributed by atoms with Crippen LogP contribution in [0.5, 0.6) is 0 Å². The van der Waals surface area contributed by atoms with Gasteiger partial charge < -0.3 is 4.98 Å². The average molecular weight is 418 g/mol. The SMILES string of the molecule is O=C1CC(c2ccc(C(F)(F)F)cc2)Cc2[nH]cc(-c3ccc(Cl)cc3)c(=O)c21. The minimum atomic E-state index is -4.41. The van der Waals surface area contributed by atoms with Crippen LogP contribution in [-0.2, 0) is 12.6 Å². The summed E-state index contributed by atoms with van der Waals surface area (Å²) in [5, 5.41) is 0.540. The van der Waals surface area contributed by atoms with Crippen molar-refractivity contribution in [3.05, 3.63) is 92.4 Å². The predicted molar refractivity (Wildman–Crippen MR) is 104 cm³/mol. The smallest absolute Gasteiger partial charge is 0.364 e. The Kier molecular flexibility index (Phi) is 4.82. The molecule has 1 unspecified atom stereocenters. The van der Waals surface area contributed by atoms with E-state index < -0.39 is 11.7 Å². The molecule has 1 aromatic heterocycles. The van der Waals surface area contributed by atoms with Crippen LogP contribution >= 0.6 is 11.6 Å². The summed E-state index contributed by atoms with van der Waals surface area (Å²) in [5.74, 6) is -0.595. The number of rotatable bonds is 2. The monoisotopic (exact) mass is 417 g/mol. The van der Waals surface area contributed by atoms with E-state index in [-0.39, 0.29) is 29.1 Å². The highest BCUT2D eigenvalue weighted by atomic mass is 35.5. The number of ketones is 1. The van der Waals surface area contributed by atoms with E-state index in [9.17, 15) is 22.8 Å². The summed E-state index contributed by atoms with van der Waals surface area (Å²) in [6.45, 7) is 0. The number of benzene rings is 2. The second-order valence-corrected chi connectivity index (χ2v) is 7.48. The maximum absolute atomic E-state index is 12.9. The van der Waals surface area contributed by atoms with Crippen LogP contribution in [0.15, 0.2) is 59.5 Å². The number of fused-ring (bicyclic) bond motifs is 1. The fourth-order valence-electron chi connectivity index (χ4n) is 3.69. The van der Waals surface area contributed by atoms with E-state index in [4.69, 9.17) is 11.6 Å². The van der Waals surface area contributed by atoms with Crippen molar-refractivity contribution in [2.45, 2.75) is 24.9 Å². The molecule has 1 N–H and O–H groups in total. The topological polar surface area (TPSA) is 49.9 Å². The Balaban J connectivity index is 1.67. The van der Waals surface area contributed by atoms with Gasteiger partial charge >= 0.3 is 6.18 Å². The van der Waals surface area contributed by atoms with Gasteiger partial charge in [-0.3, -0.25) is 9.59 Å². The molecule has 1 aliphatic rings. The van der Waals surface area contributed by atoms with Gasteiger partial charge in [0, 0.05) is 28.9 Å². The number of aromatic amines is 1. The molecular weight excluding hydrogens is 403 g/mol. The third kappa shape index (κ3) is 3.72. The van der Waals surface area contributed by atoms with Crippen LogP contribution in [0.4, 0.5) is 13.2 Å². The summed E-state index contributed by atoms with van der Waals surface area (Å²) in [6, 6.07) is 11.6. The molecule has 3 nitrogen and oxygen atoms in total. The van der Waals surface area contributed by atoms with Gasteiger partial charge in [-0.2, -0.15) is 13.2 Å². The Labute approximate surface area is 169 Å². The van der Waals surface area contributed by atoms with Gasteiger partial charge in [0.05, 0.1) is 11.1 Å². The molecule has 0 bridgehead atoms. The highest BCUT2D eigenvalue weighted by molar-refractivity contribution is 6.30. The molecule has 1 atom stereocenters. The molecule has 3 aromatic rings. The van der Waals surface area contributed by atoms with Crippen LogP contribution in [0.2, 0.25) is 5.02 Å². The number of pyridine rings is 1. The molecule has 0 fully saturated rings. The van der Waals surface area contributed by atoms with E-state index in [0.29, 0.717) is 33.8 Å². The van der Waals surface area contributed by atoms with E-state index in [2.05, 4.69) is 4.98 Å². The molecule has 0 aliphatic heterocycles. The van der Waals surface area contributed by atoms with Crippen LogP contribution < -0.4 is 5.43 Å². The van der Waals surface area contributed by atoms with E-state index in [0.717, 1.165) is 12.1 Å². The minimum Gasteiger partial charge on any atom is -0.364 e. The number of alkyl halides is 3. The first-order valence-corrected chi connectivity index (χ1v) is 9.32. The van der Waals surface area contributed by atoms with E-state index in [1.165, 1.54) is 12.1 Å². The number of carbonyl (C=O) groups excluding carboxylic acids is 1. The van der Waals surface area contributed by atoms with Crippen molar-refractivity contribution < 1.29 is 18.0 Å². The van der Waals surface area contributed by atoms with Crippen LogP contribution in [0.25, 0.3) is 11.1 Å². The highest BCUT2D eigenvalue weighted by Crippen LogP contribution is 2.34. The Bertz CT molecular complexity index is 1130. The van der Waals surface area contributed by atoms with E-state index >= 15 is 0 Å². The molecule has 2 aromatic carbocycles. The van der Waals surface area contributed by atoms with Crippen molar-refractivity contribution in [3.8, 4) is 11.1 Å². The number of Topliss-reactive ketones (excluding diaryl/α,β-unsaturated/α-hetero) is 1. The third-order valence-corrected chi connectivity index (χ3v) is 5.44. The molecule has 1 heterocycles. The van der Waals surface area contributed by atoms with Gasteiger partial charge in [0.15, 0.2) is 11.2 Å². The van der Waals surface area contributed by atoms with Crippen LogP contribution in [0.3, 0.4) is 0 Å². The lowest BCUT2D eigenvalue weighted by Crippen LogP contribution is -2.28. The lowest BCUT2D eigenvalue weighted by atomic mass is 9.81. The second kappa shape index (κ2) is 7.19. The first kappa shape index (κ1) is 19.5. The molecule has 4 rings (SSSR count). The maximum atomic E-state index is 12.9. The first-order chi connectivity index (χ1) is 13.7. The molecule has 0 radical (unpaired) electrons. The van der Waals surface area contributed by atoms with Crippen LogP contribution in [0, 0.1) is 0 Å². The van der Waals surface area contributed by atoms with Crippen LogP contribution in [-0.4, -0.2) is 10.8 Å². The number of carbonyl (C=O) groups is 1. The molecule has 0 saturated heterocycles. The van der Waals surface area contributed by atoms with Crippen molar-refractivity contribution >= 4 is 17.4 Å². The number of halogens is 4. The number of nitrogens with one attached hydrogen (secondary N) is 1.